The fraction of sp³-hybridized carbons (Fsp3) is 0.192. The maximum Gasteiger partial charge on any atom is 0.326 e. The van der Waals surface area contributed by atoms with Crippen molar-refractivity contribution >= 4 is 35.1 Å². The number of nitrogens with one attached hydrogen (secondary N) is 2. The molecular weight excluding hydrogens is 486 g/mol. The standard InChI is InChI=1S/C26H24ClN3O6/c1-34-19-9-4-16(5-10-19)26(17-6-11-20(35-2)12-7-17)24(32)30(25(33)29-26)15-23(31)28-21-14-18(27)8-13-22(21)36-3/h4-14H,15H2,1-3H3,(H,28,31)(H,29,33). The average molecular weight is 510 g/mol. The summed E-state index contributed by atoms with van der Waals surface area (Å²) >= 11 is 6.04. The molecule has 0 radical (unpaired) electrons. The molecule has 2 N–H and O–H groups in total. The van der Waals surface area contributed by atoms with E-state index in [-0.39, 0.29) is 0 Å². The van der Waals surface area contributed by atoms with Crippen molar-refractivity contribution in [3.8, 4) is 17.2 Å². The van der Waals surface area contributed by atoms with Gasteiger partial charge in [-0.2, -0.15) is 0 Å². The second-order valence-corrected chi connectivity index (χ2v) is 8.36. The topological polar surface area (TPSA) is 106 Å². The summed E-state index contributed by atoms with van der Waals surface area (Å²) in [6.07, 6.45) is 0. The molecule has 1 aliphatic heterocycles. The number of ether oxygens (including phenoxy) is 3. The number of hydrogen-bond acceptors (Lipinski definition) is 6. The zero-order valence-corrected chi connectivity index (χ0v) is 20.6. The van der Waals surface area contributed by atoms with Gasteiger partial charge >= 0.3 is 6.03 Å². The van der Waals surface area contributed by atoms with Crippen molar-refractivity contribution in [3.63, 3.8) is 0 Å². The molecule has 0 aliphatic carbocycles. The van der Waals surface area contributed by atoms with Crippen molar-refractivity contribution in [2.24, 2.45) is 0 Å². The van der Waals surface area contributed by atoms with Crippen LogP contribution in [0.1, 0.15) is 11.1 Å². The van der Waals surface area contributed by atoms with E-state index in [1.807, 2.05) is 0 Å². The van der Waals surface area contributed by atoms with Gasteiger partial charge < -0.3 is 24.8 Å². The highest BCUT2D eigenvalue weighted by Crippen LogP contribution is 2.37. The summed E-state index contributed by atoms with van der Waals surface area (Å²) in [5.74, 6) is 0.366. The normalized spacial score (nSPS) is 14.3. The smallest absolute Gasteiger partial charge is 0.326 e. The minimum Gasteiger partial charge on any atom is -0.497 e. The van der Waals surface area contributed by atoms with Crippen molar-refractivity contribution in [1.82, 2.24) is 10.2 Å². The minimum atomic E-state index is -1.55. The van der Waals surface area contributed by atoms with Gasteiger partial charge in [0.15, 0.2) is 5.54 Å². The molecule has 3 aromatic rings. The third kappa shape index (κ3) is 4.52. The first-order valence-corrected chi connectivity index (χ1v) is 11.3. The van der Waals surface area contributed by atoms with Gasteiger partial charge in [-0.1, -0.05) is 35.9 Å². The van der Waals surface area contributed by atoms with Crippen LogP contribution in [0.3, 0.4) is 0 Å². The first kappa shape index (κ1) is 24.9. The Hall–Kier alpha value is -4.24. The van der Waals surface area contributed by atoms with Crippen molar-refractivity contribution < 1.29 is 28.6 Å². The first-order chi connectivity index (χ1) is 17.3. The Morgan fingerprint density at radius 1 is 0.889 bits per heavy atom. The lowest BCUT2D eigenvalue weighted by Crippen LogP contribution is -2.45. The van der Waals surface area contributed by atoms with Gasteiger partial charge in [0, 0.05) is 5.02 Å². The van der Waals surface area contributed by atoms with E-state index in [1.54, 1.807) is 60.7 Å². The van der Waals surface area contributed by atoms with Crippen molar-refractivity contribution in [1.29, 1.82) is 0 Å². The number of nitrogens with zero attached hydrogens (tertiary/aromatic N) is 1. The molecule has 186 valence electrons. The van der Waals surface area contributed by atoms with E-state index in [2.05, 4.69) is 10.6 Å². The van der Waals surface area contributed by atoms with Crippen molar-refractivity contribution in [2.75, 3.05) is 33.2 Å². The van der Waals surface area contributed by atoms with Crippen molar-refractivity contribution in [3.05, 3.63) is 82.9 Å². The minimum absolute atomic E-state index is 0.318. The lowest BCUT2D eigenvalue weighted by molar-refractivity contribution is -0.133. The molecule has 3 aromatic carbocycles. The zero-order chi connectivity index (χ0) is 25.9. The number of hydrogen-bond donors (Lipinski definition) is 2. The molecular formula is C26H24ClN3O6. The number of carbonyl (C=O) groups excluding carboxylic acids is 3. The first-order valence-electron chi connectivity index (χ1n) is 10.9. The second-order valence-electron chi connectivity index (χ2n) is 7.92. The number of benzene rings is 3. The number of anilines is 1. The Bertz CT molecular complexity index is 1250. The van der Waals surface area contributed by atoms with Crippen LogP contribution in [-0.2, 0) is 15.1 Å². The summed E-state index contributed by atoms with van der Waals surface area (Å²) in [7, 11) is 4.52. The van der Waals surface area contributed by atoms with Gasteiger partial charge in [-0.15, -0.1) is 0 Å². The van der Waals surface area contributed by atoms with Gasteiger partial charge in [-0.3, -0.25) is 14.5 Å². The maximum absolute atomic E-state index is 13.9. The molecule has 0 bridgehead atoms. The molecule has 4 rings (SSSR count). The van der Waals surface area contributed by atoms with Gasteiger partial charge in [-0.25, -0.2) is 4.79 Å². The summed E-state index contributed by atoms with van der Waals surface area (Å²) in [6, 6.07) is 17.6. The number of urea groups is 1. The lowest BCUT2D eigenvalue weighted by atomic mass is 9.82. The number of methoxy groups -OCH3 is 3. The highest BCUT2D eigenvalue weighted by molar-refractivity contribution is 6.31. The number of amides is 4. The van der Waals surface area contributed by atoms with Crippen LogP contribution in [0.15, 0.2) is 66.7 Å². The molecule has 1 heterocycles. The van der Waals surface area contributed by atoms with Crippen molar-refractivity contribution in [2.45, 2.75) is 5.54 Å². The molecule has 0 spiro atoms. The number of rotatable bonds is 8. The van der Waals surface area contributed by atoms with Crippen LogP contribution in [0.4, 0.5) is 10.5 Å². The fourth-order valence-electron chi connectivity index (χ4n) is 4.07. The van der Waals surface area contributed by atoms with Crippen LogP contribution in [0.5, 0.6) is 17.2 Å². The average Bonchev–Trinajstić information content (AvgIpc) is 3.14. The lowest BCUT2D eigenvalue weighted by Gasteiger charge is -2.28. The summed E-state index contributed by atoms with van der Waals surface area (Å²) in [6.45, 7) is -0.519. The van der Waals surface area contributed by atoms with E-state index >= 15 is 0 Å². The van der Waals surface area contributed by atoms with Gasteiger partial charge in [0.2, 0.25) is 5.91 Å². The van der Waals surface area contributed by atoms with Gasteiger partial charge in [0.05, 0.1) is 27.0 Å². The Kier molecular flexibility index (Phi) is 7.03. The second kappa shape index (κ2) is 10.2. The monoisotopic (exact) mass is 509 g/mol. The van der Waals surface area contributed by atoms with Crippen LogP contribution in [0, 0.1) is 0 Å². The summed E-state index contributed by atoms with van der Waals surface area (Å²) < 4.78 is 15.7. The summed E-state index contributed by atoms with van der Waals surface area (Å²) in [5.41, 5.74) is -0.222. The predicted octanol–water partition coefficient (Wildman–Crippen LogP) is 3.80. The fourth-order valence-corrected chi connectivity index (χ4v) is 4.24. The SMILES string of the molecule is COc1ccc(C2(c3ccc(OC)cc3)NC(=O)N(CC(=O)Nc3cc(Cl)ccc3OC)C2=O)cc1. The van der Waals surface area contributed by atoms with Crippen LogP contribution in [-0.4, -0.2) is 50.6 Å². The molecule has 9 nitrogen and oxygen atoms in total. The van der Waals surface area contributed by atoms with E-state index in [9.17, 15) is 14.4 Å². The quantitative estimate of drug-likeness (QED) is 0.447. The van der Waals surface area contributed by atoms with Crippen LogP contribution >= 0.6 is 11.6 Å². The third-order valence-corrected chi connectivity index (χ3v) is 6.12. The largest absolute Gasteiger partial charge is 0.497 e. The maximum atomic E-state index is 13.9. The van der Waals surface area contributed by atoms with Gasteiger partial charge in [-0.05, 0) is 53.6 Å². The number of carbonyl (C=O) groups is 3. The third-order valence-electron chi connectivity index (χ3n) is 5.89. The van der Waals surface area contributed by atoms with E-state index < -0.39 is 29.9 Å². The molecule has 0 atom stereocenters. The zero-order valence-electron chi connectivity index (χ0n) is 19.8. The summed E-state index contributed by atoms with van der Waals surface area (Å²) in [4.78, 5) is 40.7. The number of halogens is 1. The molecule has 0 aromatic heterocycles. The number of imide groups is 1. The highest BCUT2D eigenvalue weighted by atomic mass is 35.5. The summed E-state index contributed by atoms with van der Waals surface area (Å²) in [5, 5.41) is 5.85. The van der Waals surface area contributed by atoms with E-state index in [0.29, 0.717) is 39.1 Å². The molecule has 0 unspecified atom stereocenters. The van der Waals surface area contributed by atoms with Crippen LogP contribution < -0.4 is 24.8 Å². The Morgan fingerprint density at radius 3 is 1.94 bits per heavy atom. The van der Waals surface area contributed by atoms with Crippen LogP contribution in [0.25, 0.3) is 0 Å². The molecule has 4 amide bonds. The Morgan fingerprint density at radius 2 is 1.44 bits per heavy atom. The molecule has 0 saturated carbocycles. The van der Waals surface area contributed by atoms with Gasteiger partial charge in [0.1, 0.15) is 23.8 Å². The van der Waals surface area contributed by atoms with E-state index in [4.69, 9.17) is 25.8 Å². The highest BCUT2D eigenvalue weighted by Gasteiger charge is 2.54. The molecule has 1 saturated heterocycles. The molecule has 1 aliphatic rings. The Labute approximate surface area is 212 Å². The van der Waals surface area contributed by atoms with E-state index in [0.717, 1.165) is 4.90 Å². The Balaban J connectivity index is 1.68. The van der Waals surface area contributed by atoms with E-state index in [1.165, 1.54) is 27.4 Å². The molecule has 1 fully saturated rings. The van der Waals surface area contributed by atoms with Crippen LogP contribution in [0.2, 0.25) is 5.02 Å². The molecule has 36 heavy (non-hydrogen) atoms. The predicted molar refractivity (Wildman–Crippen MR) is 134 cm³/mol. The molecule has 10 heteroatoms. The van der Waals surface area contributed by atoms with Gasteiger partial charge in [0.25, 0.3) is 5.91 Å².